The molecule has 2 heterocycles. The number of nitrogens with two attached hydrogens (primary N) is 2. The molecule has 0 saturated carbocycles. The molecule has 0 fully saturated rings. The average Bonchev–Trinajstić information content (AvgIpc) is 2.83. The lowest BCUT2D eigenvalue weighted by molar-refractivity contribution is 0.272. The third-order valence-corrected chi connectivity index (χ3v) is 2.51. The van der Waals surface area contributed by atoms with Crippen LogP contribution in [0, 0.1) is 0 Å². The number of imidazole rings is 1. The Morgan fingerprint density at radius 1 is 1.56 bits per heavy atom. The zero-order valence-corrected chi connectivity index (χ0v) is 9.03. The first-order chi connectivity index (χ1) is 7.69. The second-order valence-corrected chi connectivity index (χ2v) is 3.79. The number of aliphatic hydroxyl groups is 1. The number of guanidine groups is 1. The van der Waals surface area contributed by atoms with Crippen molar-refractivity contribution in [3.8, 4) is 11.4 Å². The number of nitrogens with zero attached hydrogens (tertiary/aromatic N) is 3. The number of thiazole rings is 1. The van der Waals surface area contributed by atoms with Crippen molar-refractivity contribution in [1.29, 1.82) is 0 Å². The van der Waals surface area contributed by atoms with Crippen LogP contribution in [0.5, 0.6) is 0 Å². The van der Waals surface area contributed by atoms with Crippen LogP contribution in [0.2, 0.25) is 0 Å². The SMILES string of the molecule is NC(N)=Nc1nc(-c2cnc(CO)[nH]2)cs1. The highest BCUT2D eigenvalue weighted by molar-refractivity contribution is 7.13. The van der Waals surface area contributed by atoms with Gasteiger partial charge in [0, 0.05) is 5.38 Å². The normalized spacial score (nSPS) is 10.3. The molecule has 16 heavy (non-hydrogen) atoms. The van der Waals surface area contributed by atoms with Crippen molar-refractivity contribution in [3.05, 3.63) is 17.4 Å². The first-order valence-electron chi connectivity index (χ1n) is 4.39. The predicted octanol–water partition coefficient (Wildman–Crippen LogP) is -0.0696. The van der Waals surface area contributed by atoms with Gasteiger partial charge in [0.2, 0.25) is 5.13 Å². The molecule has 0 atom stereocenters. The first-order valence-corrected chi connectivity index (χ1v) is 5.27. The van der Waals surface area contributed by atoms with Crippen LogP contribution >= 0.6 is 11.3 Å². The van der Waals surface area contributed by atoms with E-state index in [1.54, 1.807) is 11.6 Å². The Hall–Kier alpha value is -1.93. The summed E-state index contributed by atoms with van der Waals surface area (Å²) in [5.41, 5.74) is 11.9. The minimum absolute atomic E-state index is 0.0263. The largest absolute Gasteiger partial charge is 0.388 e. The summed E-state index contributed by atoms with van der Waals surface area (Å²) >= 11 is 1.32. The van der Waals surface area contributed by atoms with E-state index in [1.807, 2.05) is 0 Å². The van der Waals surface area contributed by atoms with E-state index in [-0.39, 0.29) is 12.6 Å². The van der Waals surface area contributed by atoms with Crippen molar-refractivity contribution in [2.75, 3.05) is 0 Å². The van der Waals surface area contributed by atoms with Gasteiger partial charge in [0.15, 0.2) is 5.96 Å². The van der Waals surface area contributed by atoms with Crippen LogP contribution in [-0.2, 0) is 6.61 Å². The van der Waals surface area contributed by atoms with Crippen LogP contribution in [-0.4, -0.2) is 26.0 Å². The van der Waals surface area contributed by atoms with E-state index in [0.717, 1.165) is 5.69 Å². The van der Waals surface area contributed by atoms with Gasteiger partial charge in [-0.1, -0.05) is 0 Å². The number of hydrogen-bond donors (Lipinski definition) is 4. The van der Waals surface area contributed by atoms with Crippen molar-refractivity contribution in [2.45, 2.75) is 6.61 Å². The van der Waals surface area contributed by atoms with E-state index >= 15 is 0 Å². The van der Waals surface area contributed by atoms with Crippen molar-refractivity contribution in [1.82, 2.24) is 15.0 Å². The van der Waals surface area contributed by atoms with Crippen molar-refractivity contribution in [2.24, 2.45) is 16.5 Å². The Balaban J connectivity index is 2.27. The maximum Gasteiger partial charge on any atom is 0.212 e. The van der Waals surface area contributed by atoms with Gasteiger partial charge in [0.25, 0.3) is 0 Å². The van der Waals surface area contributed by atoms with E-state index in [2.05, 4.69) is 19.9 Å². The molecule has 2 aromatic heterocycles. The van der Waals surface area contributed by atoms with Gasteiger partial charge >= 0.3 is 0 Å². The molecule has 8 heteroatoms. The number of H-pyrrole nitrogens is 1. The van der Waals surface area contributed by atoms with Crippen LogP contribution in [0.4, 0.5) is 5.13 Å². The smallest absolute Gasteiger partial charge is 0.212 e. The van der Waals surface area contributed by atoms with Gasteiger partial charge in [0.1, 0.15) is 18.1 Å². The molecule has 0 bridgehead atoms. The fourth-order valence-corrected chi connectivity index (χ4v) is 1.83. The molecule has 0 amide bonds. The molecule has 6 N–H and O–H groups in total. The van der Waals surface area contributed by atoms with Crippen molar-refractivity contribution >= 4 is 22.4 Å². The summed E-state index contributed by atoms with van der Waals surface area (Å²) in [5.74, 6) is 0.466. The molecule has 0 aromatic carbocycles. The van der Waals surface area contributed by atoms with Crippen LogP contribution in [0.15, 0.2) is 16.6 Å². The summed E-state index contributed by atoms with van der Waals surface area (Å²) < 4.78 is 0. The standard InChI is InChI=1S/C8H10N6OS/c9-7(10)14-8-13-5(3-16-8)4-1-11-6(2-15)12-4/h1,3,15H,2H2,(H,11,12)(H4,9,10,13,14). The monoisotopic (exact) mass is 238 g/mol. The summed E-state index contributed by atoms with van der Waals surface area (Å²) in [6.45, 7) is -0.134. The van der Waals surface area contributed by atoms with Crippen LogP contribution in [0.1, 0.15) is 5.82 Å². The number of aliphatic hydroxyl groups excluding tert-OH is 1. The predicted molar refractivity (Wildman–Crippen MR) is 61.1 cm³/mol. The van der Waals surface area contributed by atoms with Crippen LogP contribution in [0.25, 0.3) is 11.4 Å². The van der Waals surface area contributed by atoms with Crippen molar-refractivity contribution < 1.29 is 5.11 Å². The Bertz CT molecular complexity index is 512. The lowest BCUT2D eigenvalue weighted by Crippen LogP contribution is -2.21. The number of rotatable bonds is 3. The molecule has 0 saturated heterocycles. The molecule has 0 aliphatic carbocycles. The zero-order chi connectivity index (χ0) is 11.5. The minimum Gasteiger partial charge on any atom is -0.388 e. The highest BCUT2D eigenvalue weighted by atomic mass is 32.1. The summed E-state index contributed by atoms with van der Waals surface area (Å²) in [7, 11) is 0. The molecule has 0 unspecified atom stereocenters. The summed E-state index contributed by atoms with van der Waals surface area (Å²) in [6, 6.07) is 0. The van der Waals surface area contributed by atoms with Gasteiger partial charge in [-0.15, -0.1) is 11.3 Å². The molecule has 0 aliphatic heterocycles. The van der Waals surface area contributed by atoms with Crippen LogP contribution < -0.4 is 11.5 Å². The number of nitrogens with one attached hydrogen (secondary N) is 1. The summed E-state index contributed by atoms with van der Waals surface area (Å²) in [5, 5.41) is 11.1. The van der Waals surface area contributed by atoms with Gasteiger partial charge in [-0.05, 0) is 0 Å². The molecular formula is C8H10N6OS. The third-order valence-electron chi connectivity index (χ3n) is 1.77. The Kier molecular flexibility index (Phi) is 2.84. The second-order valence-electron chi connectivity index (χ2n) is 2.95. The molecule has 7 nitrogen and oxygen atoms in total. The van der Waals surface area contributed by atoms with Gasteiger partial charge in [-0.3, -0.25) is 0 Å². The average molecular weight is 238 g/mol. The first kappa shape index (κ1) is 10.6. The van der Waals surface area contributed by atoms with Crippen LogP contribution in [0.3, 0.4) is 0 Å². The lowest BCUT2D eigenvalue weighted by atomic mass is 10.4. The molecular weight excluding hydrogens is 228 g/mol. The lowest BCUT2D eigenvalue weighted by Gasteiger charge is -1.89. The van der Waals surface area contributed by atoms with E-state index < -0.39 is 0 Å². The quantitative estimate of drug-likeness (QED) is 0.440. The molecule has 84 valence electrons. The minimum atomic E-state index is -0.134. The molecule has 0 aliphatic rings. The van der Waals surface area contributed by atoms with Gasteiger partial charge in [0.05, 0.1) is 11.9 Å². The number of aromatic nitrogens is 3. The summed E-state index contributed by atoms with van der Waals surface area (Å²) in [4.78, 5) is 14.9. The maximum absolute atomic E-state index is 8.86. The second kappa shape index (κ2) is 4.29. The summed E-state index contributed by atoms with van der Waals surface area (Å²) in [6.07, 6.45) is 1.60. The van der Waals surface area contributed by atoms with Gasteiger partial charge < -0.3 is 21.6 Å². The van der Waals surface area contributed by atoms with E-state index in [1.165, 1.54) is 11.3 Å². The molecule has 0 spiro atoms. The Morgan fingerprint density at radius 2 is 2.38 bits per heavy atom. The molecule has 0 radical (unpaired) electrons. The number of hydrogen-bond acceptors (Lipinski definition) is 5. The number of aliphatic imine (C=N–C) groups is 1. The van der Waals surface area contributed by atoms with Crippen molar-refractivity contribution in [3.63, 3.8) is 0 Å². The molecule has 2 aromatic rings. The third kappa shape index (κ3) is 2.18. The van der Waals surface area contributed by atoms with Gasteiger partial charge in [-0.2, -0.15) is 4.99 Å². The number of aromatic amines is 1. The molecule has 2 rings (SSSR count). The Morgan fingerprint density at radius 3 is 3.00 bits per heavy atom. The van der Waals surface area contributed by atoms with E-state index in [0.29, 0.717) is 16.6 Å². The highest BCUT2D eigenvalue weighted by Gasteiger charge is 2.07. The van der Waals surface area contributed by atoms with E-state index in [9.17, 15) is 0 Å². The fraction of sp³-hybridized carbons (Fsp3) is 0.125. The topological polar surface area (TPSA) is 126 Å². The Labute approximate surface area is 94.9 Å². The highest BCUT2D eigenvalue weighted by Crippen LogP contribution is 2.25. The fourth-order valence-electron chi connectivity index (χ4n) is 1.12. The maximum atomic E-state index is 8.86. The van der Waals surface area contributed by atoms with E-state index in [4.69, 9.17) is 16.6 Å². The van der Waals surface area contributed by atoms with Gasteiger partial charge in [-0.25, -0.2) is 9.97 Å². The zero-order valence-electron chi connectivity index (χ0n) is 8.21.